The van der Waals surface area contributed by atoms with Gasteiger partial charge >= 0.3 is 24.0 Å². The predicted molar refractivity (Wildman–Crippen MR) is 104 cm³/mol. The minimum Gasteiger partial charge on any atom is -0.460 e. The highest BCUT2D eigenvalue weighted by atomic mass is 16.5. The Labute approximate surface area is 165 Å². The van der Waals surface area contributed by atoms with Crippen molar-refractivity contribution in [3.8, 4) is 0 Å². The van der Waals surface area contributed by atoms with Crippen LogP contribution in [0.3, 0.4) is 0 Å². The number of nitrogens with one attached hydrogen (secondary N) is 4. The van der Waals surface area contributed by atoms with Gasteiger partial charge in [0.2, 0.25) is 0 Å². The summed E-state index contributed by atoms with van der Waals surface area (Å²) in [5.41, 5.74) is 0. The van der Waals surface area contributed by atoms with E-state index >= 15 is 0 Å². The fourth-order valence-electron chi connectivity index (χ4n) is 1.79. The van der Waals surface area contributed by atoms with E-state index in [2.05, 4.69) is 21.3 Å². The second-order valence-electron chi connectivity index (χ2n) is 6.94. The minimum absolute atomic E-state index is 0.00814. The third-order valence-corrected chi connectivity index (χ3v) is 2.90. The van der Waals surface area contributed by atoms with Gasteiger partial charge in [-0.25, -0.2) is 19.2 Å². The van der Waals surface area contributed by atoms with Crippen LogP contribution in [0.1, 0.15) is 41.5 Å². The number of rotatable bonds is 10. The molecule has 0 bridgehead atoms. The summed E-state index contributed by atoms with van der Waals surface area (Å²) in [5.74, 6) is -1.48. The Morgan fingerprint density at radius 1 is 0.643 bits per heavy atom. The standard InChI is InChI=1S/C18H32N4O6/c1-11(2)19-17(25)21-13(5)9-27-15(23)7-8-16(24)28-10-14(6)22-18(26)20-12(3)4/h7-8,11-14H,9-10H2,1-6H3,(H2,19,21,25)(H2,20,22,26)/b8-7+/t13-,14-/m1/s1. The lowest BCUT2D eigenvalue weighted by molar-refractivity contribution is -0.141. The van der Waals surface area contributed by atoms with E-state index in [1.165, 1.54) is 0 Å². The molecule has 0 aromatic rings. The molecule has 2 atom stereocenters. The van der Waals surface area contributed by atoms with Gasteiger partial charge in [-0.1, -0.05) is 0 Å². The minimum atomic E-state index is -0.739. The third-order valence-electron chi connectivity index (χ3n) is 2.90. The zero-order chi connectivity index (χ0) is 21.7. The molecule has 160 valence electrons. The van der Waals surface area contributed by atoms with E-state index in [0.717, 1.165) is 12.2 Å². The van der Waals surface area contributed by atoms with E-state index in [4.69, 9.17) is 9.47 Å². The van der Waals surface area contributed by atoms with E-state index in [-0.39, 0.29) is 37.4 Å². The fraction of sp³-hybridized carbons (Fsp3) is 0.667. The smallest absolute Gasteiger partial charge is 0.331 e. The molecule has 0 heterocycles. The van der Waals surface area contributed by atoms with Crippen LogP contribution in [-0.2, 0) is 19.1 Å². The molecule has 4 amide bonds. The Bertz CT molecular complexity index is 514. The van der Waals surface area contributed by atoms with Gasteiger partial charge in [0.05, 0.1) is 12.1 Å². The zero-order valence-electron chi connectivity index (χ0n) is 17.3. The summed E-state index contributed by atoms with van der Waals surface area (Å²) >= 11 is 0. The molecule has 0 aliphatic carbocycles. The molecule has 10 heteroatoms. The summed E-state index contributed by atoms with van der Waals surface area (Å²) in [5, 5.41) is 10.5. The fourth-order valence-corrected chi connectivity index (χ4v) is 1.79. The van der Waals surface area contributed by atoms with Gasteiger partial charge in [-0.3, -0.25) is 0 Å². The summed E-state index contributed by atoms with van der Waals surface area (Å²) in [6.07, 6.45) is 1.87. The van der Waals surface area contributed by atoms with Crippen molar-refractivity contribution in [2.75, 3.05) is 13.2 Å². The molecule has 0 aliphatic rings. The number of hydrogen-bond donors (Lipinski definition) is 4. The average molecular weight is 400 g/mol. The number of hydrogen-bond acceptors (Lipinski definition) is 6. The number of carbonyl (C=O) groups excluding carboxylic acids is 4. The SMILES string of the molecule is CC(C)NC(=O)N[C@H](C)COC(=O)/C=C/C(=O)OC[C@@H](C)NC(=O)NC(C)C. The van der Waals surface area contributed by atoms with Crippen molar-refractivity contribution in [3.63, 3.8) is 0 Å². The first-order valence-corrected chi connectivity index (χ1v) is 9.15. The van der Waals surface area contributed by atoms with Crippen molar-refractivity contribution in [1.82, 2.24) is 21.3 Å². The van der Waals surface area contributed by atoms with Crippen LogP contribution in [0.2, 0.25) is 0 Å². The second-order valence-corrected chi connectivity index (χ2v) is 6.94. The Balaban J connectivity index is 4.08. The Morgan fingerprint density at radius 3 is 1.25 bits per heavy atom. The number of amides is 4. The summed E-state index contributed by atoms with van der Waals surface area (Å²) in [7, 11) is 0. The van der Waals surface area contributed by atoms with Crippen molar-refractivity contribution in [3.05, 3.63) is 12.2 Å². The van der Waals surface area contributed by atoms with E-state index in [9.17, 15) is 19.2 Å². The van der Waals surface area contributed by atoms with Crippen LogP contribution >= 0.6 is 0 Å². The molecule has 0 spiro atoms. The van der Waals surface area contributed by atoms with Gasteiger partial charge in [0.15, 0.2) is 0 Å². The van der Waals surface area contributed by atoms with Crippen LogP contribution < -0.4 is 21.3 Å². The molecule has 0 aromatic carbocycles. The highest BCUT2D eigenvalue weighted by Gasteiger charge is 2.11. The summed E-state index contributed by atoms with van der Waals surface area (Å²) in [4.78, 5) is 46.2. The number of ether oxygens (including phenoxy) is 2. The van der Waals surface area contributed by atoms with E-state index in [1.807, 2.05) is 27.7 Å². The normalized spacial score (nSPS) is 13.0. The van der Waals surface area contributed by atoms with E-state index < -0.39 is 24.0 Å². The molecule has 4 N–H and O–H groups in total. The largest absolute Gasteiger partial charge is 0.460 e. The van der Waals surface area contributed by atoms with Crippen molar-refractivity contribution < 1.29 is 28.7 Å². The molecule has 0 saturated heterocycles. The van der Waals surface area contributed by atoms with E-state index in [0.29, 0.717) is 0 Å². The maximum absolute atomic E-state index is 11.6. The van der Waals surface area contributed by atoms with Crippen LogP contribution in [0, 0.1) is 0 Å². The predicted octanol–water partition coefficient (Wildman–Crippen LogP) is 0.821. The third kappa shape index (κ3) is 14.4. The first kappa shape index (κ1) is 25.2. The molecule has 0 aromatic heterocycles. The lowest BCUT2D eigenvalue weighted by Crippen LogP contribution is -2.45. The van der Waals surface area contributed by atoms with Crippen LogP contribution in [0.4, 0.5) is 9.59 Å². The molecule has 0 unspecified atom stereocenters. The number of esters is 2. The first-order valence-electron chi connectivity index (χ1n) is 9.15. The zero-order valence-corrected chi connectivity index (χ0v) is 17.3. The molecular formula is C18H32N4O6. The summed E-state index contributed by atoms with van der Waals surface area (Å²) in [6, 6.07) is -1.53. The van der Waals surface area contributed by atoms with Gasteiger partial charge < -0.3 is 30.7 Å². The van der Waals surface area contributed by atoms with Crippen molar-refractivity contribution in [1.29, 1.82) is 0 Å². The van der Waals surface area contributed by atoms with Crippen molar-refractivity contribution in [2.45, 2.75) is 65.7 Å². The Morgan fingerprint density at radius 2 is 0.964 bits per heavy atom. The van der Waals surface area contributed by atoms with Gasteiger partial charge in [-0.2, -0.15) is 0 Å². The monoisotopic (exact) mass is 400 g/mol. The molecule has 0 rings (SSSR count). The molecular weight excluding hydrogens is 368 g/mol. The number of urea groups is 2. The van der Waals surface area contributed by atoms with Crippen molar-refractivity contribution in [2.24, 2.45) is 0 Å². The van der Waals surface area contributed by atoms with Gasteiger partial charge in [0.1, 0.15) is 13.2 Å². The summed E-state index contributed by atoms with van der Waals surface area (Å²) in [6.45, 7) is 10.6. The van der Waals surface area contributed by atoms with E-state index in [1.54, 1.807) is 13.8 Å². The lowest BCUT2D eigenvalue weighted by Gasteiger charge is -2.16. The van der Waals surface area contributed by atoms with Gasteiger partial charge in [0, 0.05) is 24.2 Å². The van der Waals surface area contributed by atoms with Gasteiger partial charge in [0.25, 0.3) is 0 Å². The topological polar surface area (TPSA) is 135 Å². The molecule has 0 radical (unpaired) electrons. The maximum atomic E-state index is 11.6. The van der Waals surface area contributed by atoms with Crippen LogP contribution in [0.5, 0.6) is 0 Å². The van der Waals surface area contributed by atoms with Crippen LogP contribution in [-0.4, -0.2) is 61.4 Å². The van der Waals surface area contributed by atoms with Crippen molar-refractivity contribution >= 4 is 24.0 Å². The molecule has 10 nitrogen and oxygen atoms in total. The highest BCUT2D eigenvalue weighted by molar-refractivity contribution is 5.91. The Kier molecular flexibility index (Phi) is 12.1. The van der Waals surface area contributed by atoms with Crippen LogP contribution in [0.15, 0.2) is 12.2 Å². The number of carbonyl (C=O) groups is 4. The second kappa shape index (κ2) is 13.4. The quantitative estimate of drug-likeness (QED) is 0.317. The molecule has 28 heavy (non-hydrogen) atoms. The lowest BCUT2D eigenvalue weighted by atomic mass is 10.3. The van der Waals surface area contributed by atoms with Gasteiger partial charge in [-0.15, -0.1) is 0 Å². The average Bonchev–Trinajstić information content (AvgIpc) is 2.54. The maximum Gasteiger partial charge on any atom is 0.331 e. The first-order chi connectivity index (χ1) is 13.0. The Hall–Kier alpha value is -2.78. The molecule has 0 aliphatic heterocycles. The van der Waals surface area contributed by atoms with Crippen LogP contribution in [0.25, 0.3) is 0 Å². The highest BCUT2D eigenvalue weighted by Crippen LogP contribution is 1.92. The summed E-state index contributed by atoms with van der Waals surface area (Å²) < 4.78 is 9.87. The molecule has 0 fully saturated rings. The van der Waals surface area contributed by atoms with Gasteiger partial charge in [-0.05, 0) is 41.5 Å². The molecule has 0 saturated carbocycles.